The van der Waals surface area contributed by atoms with Gasteiger partial charge in [-0.3, -0.25) is 43.5 Å². The Kier molecular flexibility index (Phi) is 30.5. The van der Waals surface area contributed by atoms with Crippen LogP contribution in [0.15, 0.2) is 245 Å². The molecule has 7 aliphatic heterocycles. The molecule has 0 aliphatic carbocycles. The van der Waals surface area contributed by atoms with E-state index in [1.165, 1.54) is 93.9 Å². The van der Waals surface area contributed by atoms with Crippen molar-refractivity contribution < 1.29 is 9.47 Å². The SMILES string of the molecule is CN1CCN=C1c1ccc2c(=O)n(C)ccc2c1.Cn1ccc2c3c(ccc2c1=O)NCC3.Cn1ccc2cc(C3=NCCO3)ccc2c1=O.Cn1ccc2cc(NCCCN3CCCC3)ccc2c1=O.Cn1ccc2cc(NCCCN3CCCCC3)ccc2c1=O.Cn1ccc2cc(NCCCN3CCOCC3)ccc2c1=O.Cn1ccc2cc3c(cc2c1=O)CCN3. The fourth-order valence-corrected chi connectivity index (χ4v) is 17.7. The van der Waals surface area contributed by atoms with Crippen LogP contribution in [0.3, 0.4) is 0 Å². The number of aryl methyl sites for hydroxylation is 7. The van der Waals surface area contributed by atoms with Crippen LogP contribution in [0.25, 0.3) is 75.4 Å². The molecule has 0 amide bonds. The number of anilines is 5. The van der Waals surface area contributed by atoms with E-state index in [0.717, 1.165) is 220 Å². The summed E-state index contributed by atoms with van der Waals surface area (Å²) in [6.07, 6.45) is 24.9. The van der Waals surface area contributed by atoms with E-state index in [4.69, 9.17) is 9.47 Å². The first-order valence-corrected chi connectivity index (χ1v) is 45.7. The molecule has 7 aliphatic rings. The lowest BCUT2D eigenvalue weighted by molar-refractivity contribution is 0.0378. The Morgan fingerprint density at radius 3 is 1.17 bits per heavy atom. The molecule has 7 aromatic carbocycles. The summed E-state index contributed by atoms with van der Waals surface area (Å²) in [6, 6.07) is 51.4. The highest BCUT2D eigenvalue weighted by Crippen LogP contribution is 2.30. The standard InChI is InChI=1S/C18H25N3O.C17H23N3O2.C17H23N3O.C14H15N3O.C13H12N2O2.2C12H12N2O/c1-20-13-8-15-14-16(6-7-17(15)18(20)22)19-9-5-12-21-10-3-2-4-11-21;1-19-8-5-14-13-15(3-4-16(14)17(19)21)18-6-2-7-20-9-11-22-12-10-20;1-19-12-7-14-13-15(5-6-16(14)17(19)21)18-8-4-11-20-9-2-3-10-20;1-16-8-6-15-13(16)11-3-4-12-10(9-11)5-7-17(2)14(12)18;1-15-6-4-9-8-10(12-14-5-7-17-12)2-3-11(9)13(15)16;1-14-5-3-8-7-11-9(2-4-13-11)6-10(8)12(14)15;1-14-7-5-8-9-4-6-13-11(9)3-2-10(8)12(14)15/h6-8,13-14,19H,2-5,9-12H2,1H3;3-5,8,13,18H,2,6-7,9-12H2,1H3;5-7,12-13,18H,2-4,8-11H2,1H3;3-5,7,9H,6,8H2,1-2H3;2-4,6,8H,5,7H2,1H3;3,5-7,13H,2,4H2,1H3;2-3,5,7,13H,4,6H2,1H3. The van der Waals surface area contributed by atoms with Crippen molar-refractivity contribution in [3.63, 3.8) is 0 Å². The Morgan fingerprint density at radius 2 is 0.715 bits per heavy atom. The molecule has 27 nitrogen and oxygen atoms in total. The number of aromatic nitrogens is 7. The number of nitrogens with zero attached hydrogens (tertiary/aromatic N) is 13. The van der Waals surface area contributed by atoms with Crippen molar-refractivity contribution in [3.8, 4) is 0 Å². The monoisotopic (exact) mass is 1750 g/mol. The molecule has 14 aromatic rings. The fourth-order valence-electron chi connectivity index (χ4n) is 17.7. The van der Waals surface area contributed by atoms with Crippen molar-refractivity contribution in [2.75, 3.05) is 165 Å². The highest BCUT2D eigenvalue weighted by molar-refractivity contribution is 6.03. The molecule has 0 atom stereocenters. The number of fused-ring (bicyclic) bond motifs is 10. The van der Waals surface area contributed by atoms with E-state index in [0.29, 0.717) is 19.0 Å². The van der Waals surface area contributed by atoms with Crippen molar-refractivity contribution >= 4 is 116 Å². The van der Waals surface area contributed by atoms with Crippen molar-refractivity contribution in [1.29, 1.82) is 0 Å². The maximum absolute atomic E-state index is 12.0. The van der Waals surface area contributed by atoms with Gasteiger partial charge in [0, 0.05) is 229 Å². The summed E-state index contributed by atoms with van der Waals surface area (Å²) in [5.74, 6) is 1.69. The Labute approximate surface area is 756 Å². The zero-order valence-electron chi connectivity index (χ0n) is 76.3. The number of nitrogens with one attached hydrogen (secondary N) is 5. The number of benzene rings is 7. The molecule has 21 rings (SSSR count). The Balaban J connectivity index is 0.000000117. The maximum Gasteiger partial charge on any atom is 0.258 e. The van der Waals surface area contributed by atoms with Gasteiger partial charge >= 0.3 is 0 Å². The van der Waals surface area contributed by atoms with Gasteiger partial charge in [-0.2, -0.15) is 0 Å². The Hall–Kier alpha value is -13.2. The van der Waals surface area contributed by atoms with Gasteiger partial charge in [0.05, 0.1) is 26.3 Å². The maximum atomic E-state index is 12.0. The number of morpholine rings is 1. The van der Waals surface area contributed by atoms with Crippen LogP contribution >= 0.6 is 0 Å². The quantitative estimate of drug-likeness (QED) is 0.0530. The number of ether oxygens (including phenoxy) is 2. The molecule has 5 N–H and O–H groups in total. The number of likely N-dealkylation sites (N-methyl/N-ethyl adjacent to an activating group) is 1. The summed E-state index contributed by atoms with van der Waals surface area (Å²) in [7, 11) is 14.5. The van der Waals surface area contributed by atoms with Gasteiger partial charge in [0.2, 0.25) is 5.90 Å². The molecule has 0 saturated carbocycles. The van der Waals surface area contributed by atoms with Crippen LogP contribution in [0.4, 0.5) is 28.4 Å². The van der Waals surface area contributed by atoms with Crippen LogP contribution in [-0.2, 0) is 71.6 Å². The first-order chi connectivity index (χ1) is 63.2. The van der Waals surface area contributed by atoms with Crippen molar-refractivity contribution in [2.45, 2.75) is 64.2 Å². The molecular weight excluding hydrogens is 1630 g/mol. The van der Waals surface area contributed by atoms with Crippen LogP contribution in [0, 0.1) is 0 Å². The fraction of sp³-hybridized carbons (Fsp3) is 0.369. The zero-order chi connectivity index (χ0) is 90.7. The predicted molar refractivity (Wildman–Crippen MR) is 533 cm³/mol. The van der Waals surface area contributed by atoms with E-state index in [1.54, 1.807) is 93.7 Å². The molecule has 130 heavy (non-hydrogen) atoms. The molecule has 0 unspecified atom stereocenters. The zero-order valence-corrected chi connectivity index (χ0v) is 76.3. The largest absolute Gasteiger partial charge is 0.476 e. The molecule has 7 aromatic heterocycles. The van der Waals surface area contributed by atoms with Crippen LogP contribution < -0.4 is 65.5 Å². The lowest BCUT2D eigenvalue weighted by Gasteiger charge is -2.26. The van der Waals surface area contributed by atoms with Gasteiger partial charge in [-0.25, -0.2) is 4.99 Å². The number of amidine groups is 1. The van der Waals surface area contributed by atoms with Gasteiger partial charge in [-0.1, -0.05) is 12.5 Å². The summed E-state index contributed by atoms with van der Waals surface area (Å²) < 4.78 is 22.0. The second-order valence-electron chi connectivity index (χ2n) is 34.5. The molecular formula is C103H122N18O9. The molecule has 678 valence electrons. The van der Waals surface area contributed by atoms with Gasteiger partial charge < -0.3 is 82.7 Å². The lowest BCUT2D eigenvalue weighted by atomic mass is 10.0. The van der Waals surface area contributed by atoms with Gasteiger partial charge in [-0.15, -0.1) is 0 Å². The first-order valence-electron chi connectivity index (χ1n) is 45.7. The van der Waals surface area contributed by atoms with Crippen molar-refractivity contribution in [3.05, 3.63) is 296 Å². The van der Waals surface area contributed by atoms with Crippen LogP contribution in [0.2, 0.25) is 0 Å². The van der Waals surface area contributed by atoms with E-state index >= 15 is 0 Å². The summed E-state index contributed by atoms with van der Waals surface area (Å²) in [5, 5.41) is 29.5. The molecule has 0 spiro atoms. The molecule has 14 heterocycles. The van der Waals surface area contributed by atoms with E-state index in [-0.39, 0.29) is 38.9 Å². The molecule has 27 heteroatoms. The summed E-state index contributed by atoms with van der Waals surface area (Å²) in [4.78, 5) is 102. The summed E-state index contributed by atoms with van der Waals surface area (Å²) in [5.41, 5.74) is 10.6. The minimum absolute atomic E-state index is 0.0170. The number of pyridine rings is 7. The van der Waals surface area contributed by atoms with Crippen molar-refractivity contribution in [1.82, 2.24) is 51.6 Å². The summed E-state index contributed by atoms with van der Waals surface area (Å²) in [6.45, 7) is 20.3. The van der Waals surface area contributed by atoms with Crippen LogP contribution in [0.5, 0.6) is 0 Å². The average Bonchev–Trinajstić information content (AvgIpc) is 1.59. The van der Waals surface area contributed by atoms with Gasteiger partial charge in [-0.05, 0) is 304 Å². The van der Waals surface area contributed by atoms with E-state index < -0.39 is 0 Å². The topological polar surface area (TPSA) is 270 Å². The Morgan fingerprint density at radius 1 is 0.331 bits per heavy atom. The molecule has 0 bridgehead atoms. The number of hydrogen-bond acceptors (Lipinski definition) is 20. The molecule has 3 saturated heterocycles. The minimum atomic E-state index is 0.0170. The number of piperidine rings is 1. The van der Waals surface area contributed by atoms with E-state index in [2.05, 4.69) is 74.4 Å². The average molecular weight is 1760 g/mol. The van der Waals surface area contributed by atoms with Crippen LogP contribution in [-0.4, -0.2) is 201 Å². The second kappa shape index (κ2) is 43.3. The molecule has 0 radical (unpaired) electrons. The third-order valence-corrected chi connectivity index (χ3v) is 25.3. The lowest BCUT2D eigenvalue weighted by Crippen LogP contribution is -2.37. The van der Waals surface area contributed by atoms with E-state index in [9.17, 15) is 33.6 Å². The van der Waals surface area contributed by atoms with Gasteiger partial charge in [0.1, 0.15) is 12.4 Å². The number of likely N-dealkylation sites (tertiary alicyclic amines) is 2. The highest BCUT2D eigenvalue weighted by atomic mass is 16.5. The summed E-state index contributed by atoms with van der Waals surface area (Å²) >= 11 is 0. The number of hydrogen-bond donors (Lipinski definition) is 5. The second-order valence-corrected chi connectivity index (χ2v) is 34.5. The Bertz CT molecular complexity index is 6780. The molecule has 3 fully saturated rings. The van der Waals surface area contributed by atoms with Gasteiger partial charge in [0.15, 0.2) is 0 Å². The third kappa shape index (κ3) is 22.5. The van der Waals surface area contributed by atoms with Crippen LogP contribution in [0.1, 0.15) is 73.6 Å². The number of aliphatic imine (C=N–C) groups is 2. The highest BCUT2D eigenvalue weighted by Gasteiger charge is 2.20. The van der Waals surface area contributed by atoms with Crippen molar-refractivity contribution in [2.24, 2.45) is 59.3 Å². The first kappa shape index (κ1) is 91.5. The number of rotatable bonds is 17. The third-order valence-electron chi connectivity index (χ3n) is 25.3. The normalized spacial score (nSPS) is 15.2. The minimum Gasteiger partial charge on any atom is -0.476 e. The smallest absolute Gasteiger partial charge is 0.258 e. The van der Waals surface area contributed by atoms with E-state index in [1.807, 2.05) is 178 Å². The van der Waals surface area contributed by atoms with Gasteiger partial charge in [0.25, 0.3) is 38.9 Å². The predicted octanol–water partition coefficient (Wildman–Crippen LogP) is 12.5.